The van der Waals surface area contributed by atoms with Crippen LogP contribution in [-0.2, 0) is 4.74 Å². The van der Waals surface area contributed by atoms with Gasteiger partial charge in [0.2, 0.25) is 0 Å². The summed E-state index contributed by atoms with van der Waals surface area (Å²) in [6.45, 7) is 7.29. The molecule has 0 spiro atoms. The maximum absolute atomic E-state index is 5.15. The van der Waals surface area contributed by atoms with Gasteiger partial charge in [-0.3, -0.25) is 0 Å². The molecule has 0 unspecified atom stereocenters. The second-order valence-electron chi connectivity index (χ2n) is 2.00. The topological polar surface area (TPSA) is 9.23 Å². The molecular formula is C9H16O. The van der Waals surface area contributed by atoms with E-state index in [2.05, 4.69) is 12.7 Å². The number of ether oxygens (including phenoxy) is 1. The molecule has 0 N–H and O–H groups in total. The van der Waals surface area contributed by atoms with E-state index in [-0.39, 0.29) is 0 Å². The fourth-order valence-electron chi connectivity index (χ4n) is 0.640. The summed E-state index contributed by atoms with van der Waals surface area (Å²) in [4.78, 5) is 0. The Labute approximate surface area is 63.4 Å². The van der Waals surface area contributed by atoms with Crippen LogP contribution in [0.5, 0.6) is 0 Å². The molecular weight excluding hydrogens is 124 g/mol. The standard InChI is InChI=1S/C9H16O/c1-3-5-6-7-8-9-10-4-2/h3,5-6H,1,4,7-9H2,2H3/b6-5+. The van der Waals surface area contributed by atoms with E-state index in [0.717, 1.165) is 26.1 Å². The van der Waals surface area contributed by atoms with E-state index in [0.29, 0.717) is 0 Å². The van der Waals surface area contributed by atoms with Crippen LogP contribution in [0.2, 0.25) is 0 Å². The van der Waals surface area contributed by atoms with Crippen molar-refractivity contribution in [3.05, 3.63) is 24.8 Å². The number of unbranched alkanes of at least 4 members (excludes halogenated alkanes) is 1. The first-order valence-electron chi connectivity index (χ1n) is 3.77. The summed E-state index contributed by atoms with van der Waals surface area (Å²) in [7, 11) is 0. The van der Waals surface area contributed by atoms with Crippen molar-refractivity contribution in [2.75, 3.05) is 13.2 Å². The lowest BCUT2D eigenvalue weighted by Crippen LogP contribution is -1.91. The van der Waals surface area contributed by atoms with Gasteiger partial charge in [-0.2, -0.15) is 0 Å². The Morgan fingerprint density at radius 2 is 2.30 bits per heavy atom. The van der Waals surface area contributed by atoms with Crippen LogP contribution in [0.25, 0.3) is 0 Å². The highest BCUT2D eigenvalue weighted by Crippen LogP contribution is 1.91. The van der Waals surface area contributed by atoms with Crippen LogP contribution in [0, 0.1) is 0 Å². The van der Waals surface area contributed by atoms with E-state index in [4.69, 9.17) is 4.74 Å². The molecule has 1 nitrogen and oxygen atoms in total. The maximum atomic E-state index is 5.15. The Kier molecular flexibility index (Phi) is 7.97. The summed E-state index contributed by atoms with van der Waals surface area (Å²) >= 11 is 0. The van der Waals surface area contributed by atoms with Crippen LogP contribution in [0.3, 0.4) is 0 Å². The Balaban J connectivity index is 2.90. The molecule has 0 aromatic rings. The van der Waals surface area contributed by atoms with Gasteiger partial charge in [0.25, 0.3) is 0 Å². The predicted molar refractivity (Wildman–Crippen MR) is 45.1 cm³/mol. The van der Waals surface area contributed by atoms with Crippen LogP contribution in [0.15, 0.2) is 24.8 Å². The summed E-state index contributed by atoms with van der Waals surface area (Å²) < 4.78 is 5.15. The lowest BCUT2D eigenvalue weighted by Gasteiger charge is -1.95. The van der Waals surface area contributed by atoms with E-state index in [1.165, 1.54) is 0 Å². The molecule has 0 amide bonds. The van der Waals surface area contributed by atoms with E-state index in [1.807, 2.05) is 13.0 Å². The second-order valence-corrected chi connectivity index (χ2v) is 2.00. The van der Waals surface area contributed by atoms with Crippen molar-refractivity contribution in [1.29, 1.82) is 0 Å². The van der Waals surface area contributed by atoms with Crippen LogP contribution in [0.1, 0.15) is 19.8 Å². The minimum atomic E-state index is 0.825. The van der Waals surface area contributed by atoms with Gasteiger partial charge in [-0.1, -0.05) is 24.8 Å². The minimum absolute atomic E-state index is 0.825. The highest BCUT2D eigenvalue weighted by molar-refractivity contribution is 4.96. The molecule has 0 saturated carbocycles. The number of hydrogen-bond donors (Lipinski definition) is 0. The zero-order valence-corrected chi connectivity index (χ0v) is 6.68. The molecule has 0 aliphatic heterocycles. The van der Waals surface area contributed by atoms with Crippen LogP contribution in [-0.4, -0.2) is 13.2 Å². The Morgan fingerprint density at radius 1 is 1.50 bits per heavy atom. The summed E-state index contributed by atoms with van der Waals surface area (Å²) in [6, 6.07) is 0. The van der Waals surface area contributed by atoms with Gasteiger partial charge >= 0.3 is 0 Å². The Morgan fingerprint density at radius 3 is 2.90 bits per heavy atom. The monoisotopic (exact) mass is 140 g/mol. The molecule has 0 rings (SSSR count). The first-order chi connectivity index (χ1) is 4.91. The molecule has 0 aromatic carbocycles. The van der Waals surface area contributed by atoms with Gasteiger partial charge in [0.1, 0.15) is 0 Å². The van der Waals surface area contributed by atoms with Gasteiger partial charge in [0, 0.05) is 13.2 Å². The van der Waals surface area contributed by atoms with Gasteiger partial charge in [-0.05, 0) is 19.8 Å². The zero-order chi connectivity index (χ0) is 7.66. The summed E-state index contributed by atoms with van der Waals surface area (Å²) in [5, 5.41) is 0. The van der Waals surface area contributed by atoms with Gasteiger partial charge in [0.15, 0.2) is 0 Å². The number of rotatable bonds is 6. The molecule has 0 aliphatic carbocycles. The zero-order valence-electron chi connectivity index (χ0n) is 6.68. The smallest absolute Gasteiger partial charge is 0.0468 e. The van der Waals surface area contributed by atoms with Crippen molar-refractivity contribution in [3.63, 3.8) is 0 Å². The molecule has 0 fully saturated rings. The fourth-order valence-corrected chi connectivity index (χ4v) is 0.640. The van der Waals surface area contributed by atoms with Crippen molar-refractivity contribution in [3.8, 4) is 0 Å². The third kappa shape index (κ3) is 7.44. The van der Waals surface area contributed by atoms with E-state index in [1.54, 1.807) is 6.08 Å². The number of hydrogen-bond acceptors (Lipinski definition) is 1. The molecule has 0 aliphatic rings. The highest BCUT2D eigenvalue weighted by Gasteiger charge is 1.81. The van der Waals surface area contributed by atoms with E-state index < -0.39 is 0 Å². The van der Waals surface area contributed by atoms with Crippen molar-refractivity contribution >= 4 is 0 Å². The maximum Gasteiger partial charge on any atom is 0.0468 e. The Hall–Kier alpha value is -0.560. The summed E-state index contributed by atoms with van der Waals surface area (Å²) in [5.41, 5.74) is 0. The van der Waals surface area contributed by atoms with Crippen molar-refractivity contribution in [2.45, 2.75) is 19.8 Å². The molecule has 0 aromatic heterocycles. The van der Waals surface area contributed by atoms with Crippen LogP contribution >= 0.6 is 0 Å². The largest absolute Gasteiger partial charge is 0.382 e. The van der Waals surface area contributed by atoms with Gasteiger partial charge in [0.05, 0.1) is 0 Å². The van der Waals surface area contributed by atoms with Gasteiger partial charge in [-0.15, -0.1) is 0 Å². The first-order valence-corrected chi connectivity index (χ1v) is 3.77. The Bertz CT molecular complexity index is 94.9. The van der Waals surface area contributed by atoms with Crippen molar-refractivity contribution in [2.24, 2.45) is 0 Å². The second kappa shape index (κ2) is 8.44. The molecule has 0 atom stereocenters. The molecule has 0 bridgehead atoms. The average molecular weight is 140 g/mol. The molecule has 10 heavy (non-hydrogen) atoms. The third-order valence-corrected chi connectivity index (χ3v) is 1.14. The molecule has 0 heterocycles. The average Bonchev–Trinajstić information content (AvgIpc) is 1.97. The van der Waals surface area contributed by atoms with Crippen LogP contribution < -0.4 is 0 Å². The lowest BCUT2D eigenvalue weighted by atomic mass is 10.3. The van der Waals surface area contributed by atoms with Gasteiger partial charge in [-0.25, -0.2) is 0 Å². The van der Waals surface area contributed by atoms with Crippen molar-refractivity contribution in [1.82, 2.24) is 0 Å². The fraction of sp³-hybridized carbons (Fsp3) is 0.556. The predicted octanol–water partition coefficient (Wildman–Crippen LogP) is 2.55. The summed E-state index contributed by atoms with van der Waals surface area (Å²) in [6.07, 6.45) is 8.06. The lowest BCUT2D eigenvalue weighted by molar-refractivity contribution is 0.145. The number of allylic oxidation sites excluding steroid dienone is 3. The molecule has 58 valence electrons. The highest BCUT2D eigenvalue weighted by atomic mass is 16.5. The van der Waals surface area contributed by atoms with Crippen LogP contribution in [0.4, 0.5) is 0 Å². The van der Waals surface area contributed by atoms with Crippen molar-refractivity contribution < 1.29 is 4.74 Å². The normalized spacial score (nSPS) is 10.5. The molecule has 1 heteroatoms. The SMILES string of the molecule is C=C/C=C/CCCOCC. The molecule has 0 radical (unpaired) electrons. The minimum Gasteiger partial charge on any atom is -0.382 e. The molecule has 0 saturated heterocycles. The third-order valence-electron chi connectivity index (χ3n) is 1.14. The summed E-state index contributed by atoms with van der Waals surface area (Å²) in [5.74, 6) is 0. The quantitative estimate of drug-likeness (QED) is 0.407. The first kappa shape index (κ1) is 9.44. The van der Waals surface area contributed by atoms with Gasteiger partial charge < -0.3 is 4.74 Å². The van der Waals surface area contributed by atoms with E-state index >= 15 is 0 Å². The van der Waals surface area contributed by atoms with E-state index in [9.17, 15) is 0 Å².